The van der Waals surface area contributed by atoms with E-state index in [1.165, 1.54) is 18.2 Å². The highest BCUT2D eigenvalue weighted by Crippen LogP contribution is 2.44. The van der Waals surface area contributed by atoms with Crippen molar-refractivity contribution in [1.29, 1.82) is 0 Å². The molecule has 6 atom stereocenters. The van der Waals surface area contributed by atoms with Crippen molar-refractivity contribution in [3.63, 3.8) is 0 Å². The van der Waals surface area contributed by atoms with Crippen molar-refractivity contribution in [2.45, 2.75) is 68.4 Å². The molecule has 7 rings (SSSR count). The molecule has 1 aliphatic carbocycles. The normalized spacial score (nSPS) is 25.4. The van der Waals surface area contributed by atoms with Gasteiger partial charge in [-0.1, -0.05) is 61.5 Å². The topological polar surface area (TPSA) is 189 Å². The number of guanidine groups is 1. The number of ether oxygens (including phenoxy) is 1. The molecule has 0 fully saturated rings. The van der Waals surface area contributed by atoms with Crippen LogP contribution >= 0.6 is 0 Å². The van der Waals surface area contributed by atoms with E-state index in [9.17, 15) is 28.3 Å². The van der Waals surface area contributed by atoms with Gasteiger partial charge in [-0.05, 0) is 90.5 Å². The van der Waals surface area contributed by atoms with Gasteiger partial charge in [0.25, 0.3) is 10.1 Å². The number of aliphatic hydroxyl groups is 2. The Kier molecular flexibility index (Phi) is 10.1. The molecule has 0 saturated carbocycles. The molecule has 0 amide bonds. The number of nitrogens with zero attached hydrogens (tertiary/aromatic N) is 1. The van der Waals surface area contributed by atoms with Crippen LogP contribution in [0.4, 0.5) is 0 Å². The molecule has 3 heterocycles. The van der Waals surface area contributed by atoms with Crippen LogP contribution in [-0.2, 0) is 28.7 Å². The molecule has 6 bridgehead atoms. The molecule has 0 unspecified atom stereocenters. The molecule has 8 N–H and O–H groups in total. The Morgan fingerprint density at radius 1 is 1.11 bits per heavy atom. The fourth-order valence-electron chi connectivity index (χ4n) is 6.89. The van der Waals surface area contributed by atoms with Gasteiger partial charge in [0.1, 0.15) is 11.5 Å². The Hall–Kier alpha value is -3.90. The lowest BCUT2D eigenvalue weighted by Crippen LogP contribution is -2.37. The lowest BCUT2D eigenvalue weighted by Gasteiger charge is -2.35. The summed E-state index contributed by atoms with van der Waals surface area (Å²) >= 11 is 0. The number of phenols is 1. The van der Waals surface area contributed by atoms with Crippen LogP contribution in [0.1, 0.15) is 72.4 Å². The summed E-state index contributed by atoms with van der Waals surface area (Å²) in [5, 5.41) is 29.2. The van der Waals surface area contributed by atoms with Gasteiger partial charge < -0.3 is 31.5 Å². The number of hydrogen-bond acceptors (Lipinski definition) is 7. The van der Waals surface area contributed by atoms with Crippen molar-refractivity contribution < 1.29 is 33.0 Å². The summed E-state index contributed by atoms with van der Waals surface area (Å²) in [5.74, 6) is -0.259. The van der Waals surface area contributed by atoms with Crippen LogP contribution in [0.3, 0.4) is 0 Å². The summed E-state index contributed by atoms with van der Waals surface area (Å²) in [6.07, 6.45) is 4.84. The minimum absolute atomic E-state index is 0.0660. The third-order valence-electron chi connectivity index (χ3n) is 9.34. The van der Waals surface area contributed by atoms with Gasteiger partial charge in [-0.2, -0.15) is 8.42 Å². The largest absolute Gasteiger partial charge is 0.508 e. The lowest BCUT2D eigenvalue weighted by atomic mass is 9.72. The van der Waals surface area contributed by atoms with Crippen molar-refractivity contribution in [2.75, 3.05) is 6.61 Å². The number of aryl methyl sites for hydroxylation is 1. The molecular weight excluding hydrogens is 606 g/mol. The minimum atomic E-state index is -4.53. The zero-order valence-corrected chi connectivity index (χ0v) is 26.7. The van der Waals surface area contributed by atoms with E-state index in [2.05, 4.69) is 11.9 Å². The summed E-state index contributed by atoms with van der Waals surface area (Å²) in [4.78, 5) is 4.55. The highest BCUT2D eigenvalue weighted by Gasteiger charge is 2.39. The van der Waals surface area contributed by atoms with E-state index in [-0.39, 0.29) is 43.0 Å². The molecule has 10 nitrogen and oxygen atoms in total. The molecule has 246 valence electrons. The molecule has 4 aliphatic rings. The van der Waals surface area contributed by atoms with E-state index < -0.39 is 33.1 Å². The summed E-state index contributed by atoms with van der Waals surface area (Å²) in [5.41, 5.74) is 14.5. The molecular formula is C35H43N3O7S. The number of nitrogens with two attached hydrogens (primary N) is 2. The fraction of sp³-hybridized carbons (Fsp3) is 0.400. The maximum absolute atomic E-state index is 13.2. The van der Waals surface area contributed by atoms with Crippen LogP contribution in [0.25, 0.3) is 0 Å². The van der Waals surface area contributed by atoms with Crippen LogP contribution in [0.5, 0.6) is 11.5 Å². The summed E-state index contributed by atoms with van der Waals surface area (Å²) in [7, 11) is -4.53. The van der Waals surface area contributed by atoms with Gasteiger partial charge >= 0.3 is 0 Å². The zero-order chi connectivity index (χ0) is 33.1. The maximum Gasteiger partial charge on any atom is 0.268 e. The van der Waals surface area contributed by atoms with Crippen LogP contribution < -0.4 is 16.2 Å². The fourth-order valence-corrected chi connectivity index (χ4v) is 7.97. The molecule has 11 heteroatoms. The first-order valence-corrected chi connectivity index (χ1v) is 17.1. The van der Waals surface area contributed by atoms with E-state index in [0.717, 1.165) is 29.5 Å². The Morgan fingerprint density at radius 2 is 1.83 bits per heavy atom. The van der Waals surface area contributed by atoms with E-state index in [1.807, 2.05) is 42.5 Å². The van der Waals surface area contributed by atoms with Gasteiger partial charge in [0, 0.05) is 24.5 Å². The molecule has 3 aromatic rings. The molecule has 0 aromatic heterocycles. The van der Waals surface area contributed by atoms with E-state index in [1.54, 1.807) is 18.2 Å². The van der Waals surface area contributed by atoms with Crippen molar-refractivity contribution in [1.82, 2.24) is 0 Å². The van der Waals surface area contributed by atoms with Crippen LogP contribution in [0, 0.1) is 11.8 Å². The number of allylic oxidation sites excluding steroid dienone is 1. The number of aliphatic hydroxyl groups excluding tert-OH is 2. The Bertz CT molecular complexity index is 1670. The van der Waals surface area contributed by atoms with Crippen molar-refractivity contribution in [3.05, 3.63) is 107 Å². The standard InChI is InChI=1S/C35H43N3O7S/c1-22-3-6-25-20-29-14-15-30(25)31(22)21-33(46(42,43)44)26(9-16-32(41)24-7-12-28(40)13-8-24)19-23-4-10-27(11-5-23)35(45-29,17-2-18-39)38-34(36)37/h4-5,7-16,20,22,26,31-33,39-41H,2-3,6,17-19,21H2,1H3,(H4,36,37,38)(H,42,43,44)/t22-,26+,31-,32+,33+,35+/m0/s1. The Morgan fingerprint density at radius 3 is 2.48 bits per heavy atom. The van der Waals surface area contributed by atoms with E-state index in [0.29, 0.717) is 29.7 Å². The Balaban J connectivity index is 1.66. The van der Waals surface area contributed by atoms with E-state index in [4.69, 9.17) is 16.2 Å². The number of aliphatic imine (C=N–C) groups is 1. The highest BCUT2D eigenvalue weighted by atomic mass is 32.2. The first-order valence-electron chi connectivity index (χ1n) is 15.6. The third kappa shape index (κ3) is 7.55. The van der Waals surface area contributed by atoms with Crippen LogP contribution in [0.2, 0.25) is 0 Å². The van der Waals surface area contributed by atoms with E-state index >= 15 is 0 Å². The number of hydrogen-bond donors (Lipinski definition) is 6. The predicted molar refractivity (Wildman–Crippen MR) is 177 cm³/mol. The lowest BCUT2D eigenvalue weighted by molar-refractivity contribution is 0.0575. The number of fused-ring (bicyclic) bond motifs is 2. The summed E-state index contributed by atoms with van der Waals surface area (Å²) in [6.45, 7) is 2.01. The minimum Gasteiger partial charge on any atom is -0.508 e. The summed E-state index contributed by atoms with van der Waals surface area (Å²) in [6, 6.07) is 19.2. The predicted octanol–water partition coefficient (Wildman–Crippen LogP) is 4.44. The first-order chi connectivity index (χ1) is 21.9. The molecule has 46 heavy (non-hydrogen) atoms. The number of rotatable bonds is 8. The van der Waals surface area contributed by atoms with Gasteiger partial charge in [-0.25, -0.2) is 4.99 Å². The average molecular weight is 650 g/mol. The number of phenolic OH excluding ortho intramolecular Hbond substituents is 1. The molecule has 0 radical (unpaired) electrons. The highest BCUT2D eigenvalue weighted by molar-refractivity contribution is 7.86. The summed E-state index contributed by atoms with van der Waals surface area (Å²) < 4.78 is 43.7. The smallest absolute Gasteiger partial charge is 0.268 e. The SMILES string of the molecule is C[C@H]1CCc2cc3ccc2[C@H]1C[C@@H](S(=O)(=O)O)[C@H](C=C[C@@H](O)c1ccc(O)cc1)Cc1ccc(cc1)[C@](CCCO)(N=C(N)N)O3. The second kappa shape index (κ2) is 13.8. The van der Waals surface area contributed by atoms with Gasteiger partial charge in [-0.15, -0.1) is 0 Å². The third-order valence-corrected chi connectivity index (χ3v) is 10.6. The van der Waals surface area contributed by atoms with Crippen molar-refractivity contribution >= 4 is 16.1 Å². The number of aromatic hydroxyl groups is 1. The second-order valence-electron chi connectivity index (χ2n) is 12.5. The molecule has 3 aliphatic heterocycles. The van der Waals surface area contributed by atoms with Gasteiger partial charge in [-0.3, -0.25) is 4.55 Å². The number of benzene rings is 3. The molecule has 0 saturated heterocycles. The van der Waals surface area contributed by atoms with Crippen LogP contribution in [0.15, 0.2) is 83.9 Å². The maximum atomic E-state index is 13.2. The van der Waals surface area contributed by atoms with Gasteiger partial charge in [0.05, 0.1) is 11.4 Å². The van der Waals surface area contributed by atoms with Crippen LogP contribution in [-0.4, -0.2) is 46.1 Å². The molecule has 3 aromatic carbocycles. The van der Waals surface area contributed by atoms with Gasteiger partial charge in [0.15, 0.2) is 5.96 Å². The zero-order valence-electron chi connectivity index (χ0n) is 25.9. The Labute approximate surface area is 270 Å². The van der Waals surface area contributed by atoms with Crippen molar-refractivity contribution in [2.24, 2.45) is 28.3 Å². The molecule has 0 spiro atoms. The first kappa shape index (κ1) is 33.5. The van der Waals surface area contributed by atoms with Gasteiger partial charge in [0.2, 0.25) is 5.72 Å². The second-order valence-corrected chi connectivity index (χ2v) is 14.1. The van der Waals surface area contributed by atoms with Crippen molar-refractivity contribution in [3.8, 4) is 11.5 Å². The monoisotopic (exact) mass is 649 g/mol. The average Bonchev–Trinajstić information content (AvgIpc) is 3.01. The quantitative estimate of drug-likeness (QED) is 0.0887.